The Morgan fingerprint density at radius 2 is 2.03 bits per heavy atom. The van der Waals surface area contributed by atoms with Gasteiger partial charge in [-0.3, -0.25) is 9.59 Å². The molecular weight excluding hydrogens is 440 g/mol. The Kier molecular flexibility index (Phi) is 8.76. The van der Waals surface area contributed by atoms with Gasteiger partial charge in [-0.25, -0.2) is 0 Å². The van der Waals surface area contributed by atoms with Crippen molar-refractivity contribution >= 4 is 34.3 Å². The summed E-state index contributed by atoms with van der Waals surface area (Å²) < 4.78 is 1.87. The molecule has 1 fully saturated rings. The number of nitriles is 1. The molecule has 1 heterocycles. The van der Waals surface area contributed by atoms with Gasteiger partial charge < -0.3 is 20.3 Å². The molecule has 1 aliphatic rings. The van der Waals surface area contributed by atoms with Crippen molar-refractivity contribution in [2.75, 3.05) is 6.61 Å². The number of hydrogen-bond acceptors (Lipinski definition) is 4. The third kappa shape index (κ3) is 6.27. The molecule has 3 N–H and O–H groups in total. The monoisotopic (exact) mass is 472 g/mol. The highest BCUT2D eigenvalue weighted by Gasteiger charge is 2.33. The van der Waals surface area contributed by atoms with Crippen molar-refractivity contribution in [3.8, 4) is 6.07 Å². The number of amides is 2. The van der Waals surface area contributed by atoms with Crippen LogP contribution >= 0.6 is 11.6 Å². The Bertz CT molecular complexity index is 1030. The lowest BCUT2D eigenvalue weighted by molar-refractivity contribution is -0.127. The van der Waals surface area contributed by atoms with Crippen LogP contribution in [0.4, 0.5) is 0 Å². The molecular formula is C25H33ClN4O3. The van der Waals surface area contributed by atoms with Crippen molar-refractivity contribution in [3.63, 3.8) is 0 Å². The number of carbonyl (C=O) groups is 2. The van der Waals surface area contributed by atoms with Crippen LogP contribution in [0.15, 0.2) is 24.3 Å². The van der Waals surface area contributed by atoms with Gasteiger partial charge >= 0.3 is 0 Å². The van der Waals surface area contributed by atoms with Crippen molar-refractivity contribution in [2.24, 2.45) is 11.8 Å². The van der Waals surface area contributed by atoms with E-state index in [9.17, 15) is 20.0 Å². The van der Waals surface area contributed by atoms with Crippen LogP contribution in [-0.2, 0) is 11.3 Å². The first-order valence-corrected chi connectivity index (χ1v) is 12.1. The van der Waals surface area contributed by atoms with Crippen LogP contribution in [0.1, 0.15) is 62.9 Å². The molecule has 3 rings (SSSR count). The number of hydrogen-bond donors (Lipinski definition) is 3. The van der Waals surface area contributed by atoms with Crippen LogP contribution in [-0.4, -0.2) is 40.2 Å². The first-order chi connectivity index (χ1) is 15.8. The number of rotatable bonds is 9. The van der Waals surface area contributed by atoms with E-state index in [2.05, 4.69) is 16.7 Å². The molecule has 1 aliphatic carbocycles. The summed E-state index contributed by atoms with van der Waals surface area (Å²) in [7, 11) is 0. The first kappa shape index (κ1) is 25.1. The second-order valence-corrected chi connectivity index (χ2v) is 9.69. The van der Waals surface area contributed by atoms with E-state index in [4.69, 9.17) is 11.6 Å². The fraction of sp³-hybridized carbons (Fsp3) is 0.560. The molecule has 0 aliphatic heterocycles. The lowest BCUT2D eigenvalue weighted by Gasteiger charge is -2.32. The normalized spacial score (nSPS) is 19.3. The second kappa shape index (κ2) is 11.5. The Balaban J connectivity index is 1.79. The maximum Gasteiger partial charge on any atom is 0.268 e. The number of fused-ring (bicyclic) bond motifs is 1. The van der Waals surface area contributed by atoms with Gasteiger partial charge in [0.25, 0.3) is 5.91 Å². The van der Waals surface area contributed by atoms with E-state index in [1.807, 2.05) is 36.6 Å². The van der Waals surface area contributed by atoms with Crippen LogP contribution in [0.5, 0.6) is 0 Å². The molecule has 33 heavy (non-hydrogen) atoms. The van der Waals surface area contributed by atoms with Gasteiger partial charge in [-0.05, 0) is 49.8 Å². The van der Waals surface area contributed by atoms with E-state index in [1.165, 1.54) is 0 Å². The fourth-order valence-electron chi connectivity index (χ4n) is 4.64. The minimum atomic E-state index is -0.526. The zero-order valence-electron chi connectivity index (χ0n) is 19.3. The third-order valence-corrected chi connectivity index (χ3v) is 6.47. The quantitative estimate of drug-likeness (QED) is 0.512. The fourth-order valence-corrected chi connectivity index (χ4v) is 4.81. The molecule has 3 atom stereocenters. The van der Waals surface area contributed by atoms with Crippen molar-refractivity contribution in [2.45, 2.75) is 71.0 Å². The molecule has 8 heteroatoms. The Labute approximate surface area is 200 Å². The molecule has 0 radical (unpaired) electrons. The standard InChI is InChI=1S/C25H33ClN4O3/c1-16(2)12-19(15-27)28-24(32)20-6-3-4-7-21(20)29-25(33)23-13-17-8-9-18(26)14-22(17)30(23)10-5-11-31/h8-9,13-14,16,19-21,31H,3-7,10-12H2,1-2H3,(H,28,32)(H,29,33)/t19-,20+,21-/m0/s1. The van der Waals surface area contributed by atoms with E-state index in [0.717, 1.165) is 23.7 Å². The molecule has 0 spiro atoms. The van der Waals surface area contributed by atoms with Gasteiger partial charge in [-0.1, -0.05) is 44.4 Å². The number of halogens is 1. The summed E-state index contributed by atoms with van der Waals surface area (Å²) in [5.41, 5.74) is 1.32. The van der Waals surface area contributed by atoms with Crippen LogP contribution in [0.2, 0.25) is 5.02 Å². The molecule has 0 bridgehead atoms. The predicted molar refractivity (Wildman–Crippen MR) is 129 cm³/mol. The number of nitrogens with one attached hydrogen (secondary N) is 2. The van der Waals surface area contributed by atoms with E-state index in [0.29, 0.717) is 48.9 Å². The average Bonchev–Trinajstić information content (AvgIpc) is 3.14. The van der Waals surface area contributed by atoms with E-state index < -0.39 is 6.04 Å². The summed E-state index contributed by atoms with van der Waals surface area (Å²) in [4.78, 5) is 26.3. The van der Waals surface area contributed by atoms with Crippen LogP contribution in [0, 0.1) is 23.2 Å². The third-order valence-electron chi connectivity index (χ3n) is 6.24. The Morgan fingerprint density at radius 1 is 1.27 bits per heavy atom. The maximum absolute atomic E-state index is 13.3. The van der Waals surface area contributed by atoms with Crippen molar-refractivity contribution in [1.29, 1.82) is 5.26 Å². The number of benzene rings is 1. The van der Waals surface area contributed by atoms with E-state index in [-0.39, 0.29) is 30.4 Å². The Morgan fingerprint density at radius 3 is 2.73 bits per heavy atom. The number of carbonyl (C=O) groups excluding carboxylic acids is 2. The summed E-state index contributed by atoms with van der Waals surface area (Å²) in [6.45, 7) is 4.53. The second-order valence-electron chi connectivity index (χ2n) is 9.25. The van der Waals surface area contributed by atoms with Gasteiger partial charge in [0.2, 0.25) is 5.91 Å². The molecule has 1 aromatic heterocycles. The number of aromatic nitrogens is 1. The maximum atomic E-state index is 13.3. The van der Waals surface area contributed by atoms with E-state index in [1.54, 1.807) is 6.07 Å². The van der Waals surface area contributed by atoms with Gasteiger partial charge in [-0.15, -0.1) is 0 Å². The van der Waals surface area contributed by atoms with Crippen molar-refractivity contribution in [1.82, 2.24) is 15.2 Å². The van der Waals surface area contributed by atoms with Crippen molar-refractivity contribution < 1.29 is 14.7 Å². The molecule has 178 valence electrons. The van der Waals surface area contributed by atoms with Gasteiger partial charge in [0.15, 0.2) is 0 Å². The number of nitrogens with zero attached hydrogens (tertiary/aromatic N) is 2. The van der Waals surface area contributed by atoms with Crippen LogP contribution in [0.25, 0.3) is 10.9 Å². The molecule has 0 saturated heterocycles. The highest BCUT2D eigenvalue weighted by molar-refractivity contribution is 6.31. The average molecular weight is 473 g/mol. The van der Waals surface area contributed by atoms with Gasteiger partial charge in [0, 0.05) is 29.6 Å². The molecule has 2 aromatic rings. The predicted octanol–water partition coefficient (Wildman–Crippen LogP) is 4.02. The SMILES string of the molecule is CC(C)C[C@@H](C#N)NC(=O)[C@@H]1CCCC[C@@H]1NC(=O)c1cc2ccc(Cl)cc2n1CCCO. The highest BCUT2D eigenvalue weighted by atomic mass is 35.5. The summed E-state index contributed by atoms with van der Waals surface area (Å²) >= 11 is 6.18. The minimum Gasteiger partial charge on any atom is -0.396 e. The van der Waals surface area contributed by atoms with Crippen molar-refractivity contribution in [3.05, 3.63) is 35.0 Å². The van der Waals surface area contributed by atoms with E-state index >= 15 is 0 Å². The first-order valence-electron chi connectivity index (χ1n) is 11.7. The highest BCUT2D eigenvalue weighted by Crippen LogP contribution is 2.27. The lowest BCUT2D eigenvalue weighted by atomic mass is 9.83. The Hall–Kier alpha value is -2.56. The molecule has 1 aromatic carbocycles. The summed E-state index contributed by atoms with van der Waals surface area (Å²) in [5.74, 6) is -0.481. The largest absolute Gasteiger partial charge is 0.396 e. The zero-order chi connectivity index (χ0) is 24.0. The van der Waals surface area contributed by atoms with Crippen LogP contribution in [0.3, 0.4) is 0 Å². The lowest BCUT2D eigenvalue weighted by Crippen LogP contribution is -2.50. The smallest absolute Gasteiger partial charge is 0.268 e. The summed E-state index contributed by atoms with van der Waals surface area (Å²) in [6, 6.07) is 8.66. The van der Waals surface area contributed by atoms with Crippen LogP contribution < -0.4 is 10.6 Å². The summed E-state index contributed by atoms with van der Waals surface area (Å²) in [5, 5.41) is 26.2. The topological polar surface area (TPSA) is 107 Å². The molecule has 2 amide bonds. The number of aryl methyl sites for hydroxylation is 1. The van der Waals surface area contributed by atoms with Gasteiger partial charge in [0.05, 0.1) is 17.5 Å². The molecule has 7 nitrogen and oxygen atoms in total. The molecule has 0 unspecified atom stereocenters. The van der Waals surface area contributed by atoms with Gasteiger partial charge in [0.1, 0.15) is 11.7 Å². The number of aliphatic hydroxyl groups excluding tert-OH is 1. The zero-order valence-corrected chi connectivity index (χ0v) is 20.1. The number of aliphatic hydroxyl groups is 1. The minimum absolute atomic E-state index is 0.0165. The summed E-state index contributed by atoms with van der Waals surface area (Å²) in [6.07, 6.45) is 4.36. The molecule has 1 saturated carbocycles. The van der Waals surface area contributed by atoms with Gasteiger partial charge in [-0.2, -0.15) is 5.26 Å².